The van der Waals surface area contributed by atoms with Gasteiger partial charge < -0.3 is 19.3 Å². The number of hydrogen-bond donors (Lipinski definition) is 1. The normalized spacial score (nSPS) is 13.5. The van der Waals surface area contributed by atoms with E-state index in [-0.39, 0.29) is 12.3 Å². The first-order valence-electron chi connectivity index (χ1n) is 10.6. The van der Waals surface area contributed by atoms with Gasteiger partial charge in [0.1, 0.15) is 23.7 Å². The Hall–Kier alpha value is -3.33. The number of pyridine rings is 1. The van der Waals surface area contributed by atoms with E-state index in [1.54, 1.807) is 6.20 Å². The molecule has 0 fully saturated rings. The summed E-state index contributed by atoms with van der Waals surface area (Å²) < 4.78 is 16.8. The molecular weight excluding hydrogens is 410 g/mol. The third kappa shape index (κ3) is 4.77. The maximum absolute atomic E-state index is 12.4. The second kappa shape index (κ2) is 8.66. The number of aromatic nitrogens is 4. The van der Waals surface area contributed by atoms with Gasteiger partial charge in [0.15, 0.2) is 5.69 Å². The molecule has 1 N–H and O–H groups in total. The van der Waals surface area contributed by atoms with Crippen LogP contribution in [0.3, 0.4) is 0 Å². The Bertz CT molecular complexity index is 1150. The number of ether oxygens (including phenoxy) is 2. The van der Waals surface area contributed by atoms with Gasteiger partial charge in [0.2, 0.25) is 5.88 Å². The van der Waals surface area contributed by atoms with Gasteiger partial charge in [-0.15, -0.1) is 5.10 Å². The molecule has 0 radical (unpaired) electrons. The molecule has 0 aromatic carbocycles. The monoisotopic (exact) mass is 437 g/mol. The number of nitrogens with one attached hydrogen (secondary N) is 1. The predicted molar refractivity (Wildman–Crippen MR) is 116 cm³/mol. The van der Waals surface area contributed by atoms with Gasteiger partial charge in [-0.3, -0.25) is 0 Å². The largest absolute Gasteiger partial charge is 0.471 e. The number of hydrogen-bond acceptors (Lipinski definition) is 9. The van der Waals surface area contributed by atoms with Crippen LogP contribution in [0.5, 0.6) is 5.88 Å². The lowest BCUT2D eigenvalue weighted by Crippen LogP contribution is -2.25. The minimum absolute atomic E-state index is 0.225. The smallest absolute Gasteiger partial charge is 0.357 e. The van der Waals surface area contributed by atoms with Gasteiger partial charge >= 0.3 is 5.97 Å². The Kier molecular flexibility index (Phi) is 5.92. The summed E-state index contributed by atoms with van der Waals surface area (Å²) in [6.07, 6.45) is 2.49. The zero-order valence-electron chi connectivity index (χ0n) is 19.0. The minimum atomic E-state index is -0.590. The highest BCUT2D eigenvalue weighted by Crippen LogP contribution is 2.28. The van der Waals surface area contributed by atoms with E-state index in [4.69, 9.17) is 14.0 Å². The van der Waals surface area contributed by atoms with Gasteiger partial charge in [0.05, 0.1) is 11.3 Å². The van der Waals surface area contributed by atoms with Crippen molar-refractivity contribution in [3.05, 3.63) is 52.2 Å². The second-order valence-corrected chi connectivity index (χ2v) is 8.83. The fourth-order valence-electron chi connectivity index (χ4n) is 3.48. The molecule has 0 aliphatic carbocycles. The Balaban J connectivity index is 1.54. The Morgan fingerprint density at radius 2 is 2.03 bits per heavy atom. The molecule has 4 rings (SSSR count). The first kappa shape index (κ1) is 21.9. The molecule has 168 valence electrons. The average molecular weight is 438 g/mol. The van der Waals surface area contributed by atoms with Crippen molar-refractivity contribution >= 4 is 5.97 Å². The first-order valence-corrected chi connectivity index (χ1v) is 10.6. The number of fused-ring (bicyclic) bond motifs is 1. The average Bonchev–Trinajstić information content (AvgIpc) is 3.11. The lowest BCUT2D eigenvalue weighted by molar-refractivity contribution is 0.00620. The summed E-state index contributed by atoms with van der Waals surface area (Å²) in [6, 6.07) is 3.78. The van der Waals surface area contributed by atoms with Gasteiger partial charge in [0, 0.05) is 24.4 Å². The predicted octanol–water partition coefficient (Wildman–Crippen LogP) is 3.32. The second-order valence-electron chi connectivity index (χ2n) is 8.83. The maximum Gasteiger partial charge on any atom is 0.357 e. The van der Waals surface area contributed by atoms with E-state index in [2.05, 4.69) is 25.7 Å². The van der Waals surface area contributed by atoms with Crippen LogP contribution in [0.1, 0.15) is 59.4 Å². The van der Waals surface area contributed by atoms with E-state index < -0.39 is 11.6 Å². The molecule has 9 nitrogen and oxygen atoms in total. The first-order chi connectivity index (χ1) is 15.2. The van der Waals surface area contributed by atoms with Gasteiger partial charge in [-0.25, -0.2) is 9.78 Å². The van der Waals surface area contributed by atoms with Crippen LogP contribution in [0.25, 0.3) is 11.3 Å². The number of carbonyl (C=O) groups excluding carboxylic acids is 1. The van der Waals surface area contributed by atoms with Crippen molar-refractivity contribution in [2.24, 2.45) is 0 Å². The highest BCUT2D eigenvalue weighted by atomic mass is 16.6. The van der Waals surface area contributed by atoms with E-state index in [0.29, 0.717) is 22.9 Å². The fraction of sp³-hybridized carbons (Fsp3) is 0.435. The summed E-state index contributed by atoms with van der Waals surface area (Å²) >= 11 is 0. The molecule has 0 unspecified atom stereocenters. The van der Waals surface area contributed by atoms with Crippen molar-refractivity contribution in [2.45, 2.75) is 59.8 Å². The Morgan fingerprint density at radius 1 is 1.22 bits per heavy atom. The topological polar surface area (TPSA) is 112 Å². The van der Waals surface area contributed by atoms with Gasteiger partial charge in [0.25, 0.3) is 0 Å². The molecule has 0 atom stereocenters. The van der Waals surface area contributed by atoms with Crippen LogP contribution >= 0.6 is 0 Å². The van der Waals surface area contributed by atoms with Gasteiger partial charge in [-0.1, -0.05) is 5.16 Å². The third-order valence-corrected chi connectivity index (χ3v) is 5.09. The SMILES string of the molecule is Cc1cc(-c2noc(C)c2COc2cc3c(nn2)CNCC3)cnc1C(=O)OC(C)(C)C. The maximum atomic E-state index is 12.4. The van der Waals surface area contributed by atoms with Crippen LogP contribution in [-0.2, 0) is 24.3 Å². The van der Waals surface area contributed by atoms with E-state index in [0.717, 1.165) is 41.9 Å². The molecule has 3 aromatic heterocycles. The molecule has 0 amide bonds. The van der Waals surface area contributed by atoms with Crippen LogP contribution in [0.4, 0.5) is 0 Å². The molecule has 0 bridgehead atoms. The number of esters is 1. The zero-order valence-corrected chi connectivity index (χ0v) is 19.0. The molecule has 1 aliphatic rings. The summed E-state index contributed by atoms with van der Waals surface area (Å²) in [5.74, 6) is 0.651. The molecule has 0 saturated carbocycles. The van der Waals surface area contributed by atoms with Crippen LogP contribution in [-0.4, -0.2) is 38.5 Å². The highest BCUT2D eigenvalue weighted by molar-refractivity contribution is 5.89. The summed E-state index contributed by atoms with van der Waals surface area (Å²) in [5.41, 5.74) is 4.62. The van der Waals surface area contributed by atoms with Gasteiger partial charge in [-0.05, 0) is 64.8 Å². The van der Waals surface area contributed by atoms with Crippen molar-refractivity contribution in [1.29, 1.82) is 0 Å². The van der Waals surface area contributed by atoms with E-state index in [9.17, 15) is 4.79 Å². The van der Waals surface area contributed by atoms with E-state index >= 15 is 0 Å². The molecule has 32 heavy (non-hydrogen) atoms. The van der Waals surface area contributed by atoms with Crippen LogP contribution in [0.15, 0.2) is 22.9 Å². The molecule has 4 heterocycles. The zero-order chi connectivity index (χ0) is 22.9. The van der Waals surface area contributed by atoms with Crippen molar-refractivity contribution in [1.82, 2.24) is 25.7 Å². The van der Waals surface area contributed by atoms with Crippen molar-refractivity contribution in [3.8, 4) is 17.1 Å². The van der Waals surface area contributed by atoms with Crippen LogP contribution < -0.4 is 10.1 Å². The quantitative estimate of drug-likeness (QED) is 0.601. The number of aryl methyl sites for hydroxylation is 2. The summed E-state index contributed by atoms with van der Waals surface area (Å²) in [5, 5.41) is 15.9. The summed E-state index contributed by atoms with van der Waals surface area (Å²) in [6.45, 7) is 11.0. The number of nitrogens with zero attached hydrogens (tertiary/aromatic N) is 4. The summed E-state index contributed by atoms with van der Waals surface area (Å²) in [4.78, 5) is 16.7. The van der Waals surface area contributed by atoms with Crippen LogP contribution in [0.2, 0.25) is 0 Å². The fourth-order valence-corrected chi connectivity index (χ4v) is 3.48. The Morgan fingerprint density at radius 3 is 2.78 bits per heavy atom. The summed E-state index contributed by atoms with van der Waals surface area (Å²) in [7, 11) is 0. The molecule has 9 heteroatoms. The molecule has 0 saturated heterocycles. The van der Waals surface area contributed by atoms with Crippen molar-refractivity contribution < 1.29 is 18.8 Å². The van der Waals surface area contributed by atoms with E-state index in [1.165, 1.54) is 0 Å². The lowest BCUT2D eigenvalue weighted by atomic mass is 10.1. The molecule has 0 spiro atoms. The molecule has 1 aliphatic heterocycles. The number of carbonyl (C=O) groups is 1. The highest BCUT2D eigenvalue weighted by Gasteiger charge is 2.23. The van der Waals surface area contributed by atoms with E-state index in [1.807, 2.05) is 46.8 Å². The minimum Gasteiger partial charge on any atom is -0.471 e. The number of rotatable bonds is 5. The molecular formula is C23H27N5O4. The van der Waals surface area contributed by atoms with Gasteiger partial charge in [-0.2, -0.15) is 5.10 Å². The third-order valence-electron chi connectivity index (χ3n) is 5.09. The van der Waals surface area contributed by atoms with Crippen molar-refractivity contribution in [3.63, 3.8) is 0 Å². The lowest BCUT2D eigenvalue weighted by Gasteiger charge is -2.19. The standard InChI is InChI=1S/C23H27N5O4/c1-13-8-16(10-25-20(13)22(29)31-23(3,4)5)21-17(14(2)32-28-21)12-30-19-9-15-6-7-24-11-18(15)26-27-19/h8-10,24H,6-7,11-12H2,1-5H3. The van der Waals surface area contributed by atoms with Crippen LogP contribution in [0, 0.1) is 13.8 Å². The van der Waals surface area contributed by atoms with Crippen molar-refractivity contribution in [2.75, 3.05) is 6.54 Å². The molecule has 3 aromatic rings. The Labute approximate surface area is 186 Å².